The van der Waals surface area contributed by atoms with Gasteiger partial charge in [-0.15, -0.1) is 0 Å². The zero-order valence-electron chi connectivity index (χ0n) is 14.3. The molecule has 1 unspecified atom stereocenters. The van der Waals surface area contributed by atoms with Gasteiger partial charge in [-0.1, -0.05) is 45.9 Å². The minimum Gasteiger partial charge on any atom is -0.494 e. The molecule has 1 aromatic carbocycles. The summed E-state index contributed by atoms with van der Waals surface area (Å²) < 4.78 is 5.78. The van der Waals surface area contributed by atoms with Crippen LogP contribution in [0.25, 0.3) is 0 Å². The number of benzene rings is 1. The molecule has 0 heterocycles. The summed E-state index contributed by atoms with van der Waals surface area (Å²) in [7, 11) is 0. The lowest BCUT2D eigenvalue weighted by molar-refractivity contribution is 0.276. The molecule has 1 rings (SSSR count). The summed E-state index contributed by atoms with van der Waals surface area (Å²) in [6.07, 6.45) is 3.68. The fourth-order valence-corrected chi connectivity index (χ4v) is 2.62. The van der Waals surface area contributed by atoms with Crippen molar-refractivity contribution in [2.75, 3.05) is 19.7 Å². The minimum absolute atomic E-state index is 0.728. The van der Waals surface area contributed by atoms with Crippen LogP contribution in [-0.4, -0.2) is 19.7 Å². The van der Waals surface area contributed by atoms with Gasteiger partial charge >= 0.3 is 0 Å². The molecule has 0 saturated heterocycles. The Labute approximate surface area is 131 Å². The highest BCUT2D eigenvalue weighted by molar-refractivity contribution is 5.20. The van der Waals surface area contributed by atoms with Crippen LogP contribution in [0.5, 0.6) is 5.75 Å². The maximum absolute atomic E-state index is 5.78. The molecular formula is C19H33NO. The van der Waals surface area contributed by atoms with Crippen molar-refractivity contribution in [3.63, 3.8) is 0 Å². The lowest BCUT2D eigenvalue weighted by Gasteiger charge is -2.20. The smallest absolute Gasteiger partial charge is 0.119 e. The van der Waals surface area contributed by atoms with Crippen LogP contribution in [-0.2, 0) is 0 Å². The van der Waals surface area contributed by atoms with Gasteiger partial charge in [-0.25, -0.2) is 0 Å². The molecule has 2 nitrogen and oxygen atoms in total. The molecule has 0 amide bonds. The standard InChI is InChI=1S/C19H33NO/c1-16(2)13-18(15-20-14-17(3)4)9-8-12-21-19-10-6-5-7-11-19/h5-7,10-11,16-18,20H,8-9,12-15H2,1-4H3. The Morgan fingerprint density at radius 2 is 1.67 bits per heavy atom. The molecule has 0 fully saturated rings. The maximum Gasteiger partial charge on any atom is 0.119 e. The van der Waals surface area contributed by atoms with Crippen LogP contribution in [0.1, 0.15) is 47.0 Å². The third-order valence-electron chi connectivity index (χ3n) is 3.56. The molecule has 0 aromatic heterocycles. The van der Waals surface area contributed by atoms with Gasteiger partial charge in [0.25, 0.3) is 0 Å². The SMILES string of the molecule is CC(C)CNCC(CCCOc1ccccc1)CC(C)C. The highest BCUT2D eigenvalue weighted by Crippen LogP contribution is 2.17. The van der Waals surface area contributed by atoms with Crippen molar-refractivity contribution in [2.24, 2.45) is 17.8 Å². The number of rotatable bonds is 11. The van der Waals surface area contributed by atoms with Gasteiger partial charge in [0, 0.05) is 0 Å². The van der Waals surface area contributed by atoms with E-state index in [9.17, 15) is 0 Å². The molecule has 0 bridgehead atoms. The first-order valence-corrected chi connectivity index (χ1v) is 8.46. The van der Waals surface area contributed by atoms with Gasteiger partial charge in [0.15, 0.2) is 0 Å². The van der Waals surface area contributed by atoms with Crippen LogP contribution in [0.3, 0.4) is 0 Å². The summed E-state index contributed by atoms with van der Waals surface area (Å²) in [6, 6.07) is 10.1. The van der Waals surface area contributed by atoms with E-state index in [-0.39, 0.29) is 0 Å². The van der Waals surface area contributed by atoms with Gasteiger partial charge < -0.3 is 10.1 Å². The minimum atomic E-state index is 0.728. The zero-order valence-corrected chi connectivity index (χ0v) is 14.3. The molecule has 1 atom stereocenters. The van der Waals surface area contributed by atoms with Crippen molar-refractivity contribution in [2.45, 2.75) is 47.0 Å². The average Bonchev–Trinajstić information content (AvgIpc) is 2.43. The summed E-state index contributed by atoms with van der Waals surface area (Å²) in [5, 5.41) is 3.61. The molecule has 0 spiro atoms. The van der Waals surface area contributed by atoms with E-state index < -0.39 is 0 Å². The first kappa shape index (κ1) is 18.0. The number of para-hydroxylation sites is 1. The molecule has 1 N–H and O–H groups in total. The predicted molar refractivity (Wildman–Crippen MR) is 91.8 cm³/mol. The van der Waals surface area contributed by atoms with Crippen molar-refractivity contribution in [1.29, 1.82) is 0 Å². The number of hydrogen-bond acceptors (Lipinski definition) is 2. The molecule has 0 aliphatic heterocycles. The fraction of sp³-hybridized carbons (Fsp3) is 0.684. The molecule has 21 heavy (non-hydrogen) atoms. The Balaban J connectivity index is 2.22. The quantitative estimate of drug-likeness (QED) is 0.594. The molecule has 120 valence electrons. The summed E-state index contributed by atoms with van der Waals surface area (Å²) in [5.74, 6) is 3.25. The largest absolute Gasteiger partial charge is 0.494 e. The zero-order chi connectivity index (χ0) is 15.5. The van der Waals surface area contributed by atoms with Crippen LogP contribution in [0, 0.1) is 17.8 Å². The number of hydrogen-bond donors (Lipinski definition) is 1. The van der Waals surface area contributed by atoms with E-state index in [4.69, 9.17) is 4.74 Å². The summed E-state index contributed by atoms with van der Waals surface area (Å²) in [6.45, 7) is 12.2. The Morgan fingerprint density at radius 1 is 0.952 bits per heavy atom. The third-order valence-corrected chi connectivity index (χ3v) is 3.56. The van der Waals surface area contributed by atoms with E-state index in [0.717, 1.165) is 49.6 Å². The summed E-state index contributed by atoms with van der Waals surface area (Å²) in [5.41, 5.74) is 0. The molecule has 2 heteroatoms. The van der Waals surface area contributed by atoms with E-state index in [1.54, 1.807) is 0 Å². The molecule has 0 saturated carbocycles. The van der Waals surface area contributed by atoms with Crippen molar-refractivity contribution in [1.82, 2.24) is 5.32 Å². The summed E-state index contributed by atoms with van der Waals surface area (Å²) in [4.78, 5) is 0. The van der Waals surface area contributed by atoms with Crippen molar-refractivity contribution < 1.29 is 4.74 Å². The third kappa shape index (κ3) is 9.52. The monoisotopic (exact) mass is 291 g/mol. The van der Waals surface area contributed by atoms with Gasteiger partial charge in [0.2, 0.25) is 0 Å². The lowest BCUT2D eigenvalue weighted by atomic mass is 9.93. The van der Waals surface area contributed by atoms with Crippen LogP contribution < -0.4 is 10.1 Å². The summed E-state index contributed by atoms with van der Waals surface area (Å²) >= 11 is 0. The molecule has 1 aromatic rings. The van der Waals surface area contributed by atoms with E-state index in [0.29, 0.717) is 0 Å². The van der Waals surface area contributed by atoms with Gasteiger partial charge in [0.1, 0.15) is 5.75 Å². The molecule has 0 radical (unpaired) electrons. The second kappa shape index (κ2) is 10.7. The van der Waals surface area contributed by atoms with Crippen LogP contribution >= 0.6 is 0 Å². The van der Waals surface area contributed by atoms with Crippen LogP contribution in [0.15, 0.2) is 30.3 Å². The molecule has 0 aliphatic rings. The second-order valence-electron chi connectivity index (χ2n) is 6.85. The topological polar surface area (TPSA) is 21.3 Å². The second-order valence-corrected chi connectivity index (χ2v) is 6.85. The van der Waals surface area contributed by atoms with E-state index in [2.05, 4.69) is 33.0 Å². The Kier molecular flexibility index (Phi) is 9.16. The fourth-order valence-electron chi connectivity index (χ4n) is 2.62. The van der Waals surface area contributed by atoms with Gasteiger partial charge in [0.05, 0.1) is 6.61 Å². The Hall–Kier alpha value is -1.02. The van der Waals surface area contributed by atoms with Gasteiger partial charge in [-0.3, -0.25) is 0 Å². The van der Waals surface area contributed by atoms with E-state index in [1.807, 2.05) is 30.3 Å². The van der Waals surface area contributed by atoms with Crippen molar-refractivity contribution in [3.8, 4) is 5.75 Å². The van der Waals surface area contributed by atoms with Crippen LogP contribution in [0.2, 0.25) is 0 Å². The highest BCUT2D eigenvalue weighted by Gasteiger charge is 2.11. The van der Waals surface area contributed by atoms with E-state index in [1.165, 1.54) is 12.8 Å². The number of nitrogens with one attached hydrogen (secondary N) is 1. The molecular weight excluding hydrogens is 258 g/mol. The first-order valence-electron chi connectivity index (χ1n) is 8.46. The molecule has 0 aliphatic carbocycles. The van der Waals surface area contributed by atoms with Crippen molar-refractivity contribution in [3.05, 3.63) is 30.3 Å². The Bertz CT molecular complexity index is 348. The van der Waals surface area contributed by atoms with Crippen molar-refractivity contribution >= 4 is 0 Å². The normalized spacial score (nSPS) is 12.9. The average molecular weight is 291 g/mol. The first-order chi connectivity index (χ1) is 10.1. The number of ether oxygens (including phenoxy) is 1. The predicted octanol–water partition coefficient (Wildman–Crippen LogP) is 4.75. The Morgan fingerprint density at radius 3 is 2.29 bits per heavy atom. The van der Waals surface area contributed by atoms with Gasteiger partial charge in [-0.05, 0) is 62.2 Å². The van der Waals surface area contributed by atoms with Crippen LogP contribution in [0.4, 0.5) is 0 Å². The van der Waals surface area contributed by atoms with Gasteiger partial charge in [-0.2, -0.15) is 0 Å². The lowest BCUT2D eigenvalue weighted by Crippen LogP contribution is -2.27. The highest BCUT2D eigenvalue weighted by atomic mass is 16.5. The maximum atomic E-state index is 5.78. The van der Waals surface area contributed by atoms with E-state index >= 15 is 0 Å².